The summed E-state index contributed by atoms with van der Waals surface area (Å²) in [6.45, 7) is 1.24. The minimum Gasteiger partial charge on any atom is -0.269 e. The highest BCUT2D eigenvalue weighted by Crippen LogP contribution is 2.24. The maximum atomic E-state index is 13.1. The third-order valence-electron chi connectivity index (χ3n) is 2.61. The second-order valence-corrected chi connectivity index (χ2v) is 8.64. The van der Waals surface area contributed by atoms with Crippen molar-refractivity contribution >= 4 is 37.3 Å². The normalized spacial score (nSPS) is 12.4. The van der Waals surface area contributed by atoms with Crippen molar-refractivity contribution in [2.75, 3.05) is 29.4 Å². The predicted octanol–water partition coefficient (Wildman–Crippen LogP) is 1.18. The zero-order chi connectivity index (χ0) is 16.3. The Balaban J connectivity index is 2.95. The van der Waals surface area contributed by atoms with E-state index in [9.17, 15) is 21.2 Å². The van der Waals surface area contributed by atoms with Crippen LogP contribution in [-0.4, -0.2) is 41.9 Å². The first kappa shape index (κ1) is 18.1. The number of hydrogen-bond acceptors (Lipinski definition) is 4. The standard InChI is InChI=1S/C11H16ClFN2O4S2/c1-3-21(18,19)14-6-7-15(20(2,16)17)9-4-5-11(13)10(12)8-9/h4-5,8,14H,3,6-7H2,1-2H3. The molecular formula is C11H16ClFN2O4S2. The van der Waals surface area contributed by atoms with E-state index in [4.69, 9.17) is 11.6 Å². The van der Waals surface area contributed by atoms with Gasteiger partial charge in [0.05, 0.1) is 22.7 Å². The molecule has 0 heterocycles. The van der Waals surface area contributed by atoms with Gasteiger partial charge in [0.25, 0.3) is 0 Å². The summed E-state index contributed by atoms with van der Waals surface area (Å²) in [5.41, 5.74) is 0.166. The molecule has 21 heavy (non-hydrogen) atoms. The Morgan fingerprint density at radius 1 is 1.29 bits per heavy atom. The van der Waals surface area contributed by atoms with Gasteiger partial charge in [0.15, 0.2) is 0 Å². The fraction of sp³-hybridized carbons (Fsp3) is 0.455. The number of anilines is 1. The fourth-order valence-electron chi connectivity index (χ4n) is 1.53. The molecule has 0 atom stereocenters. The van der Waals surface area contributed by atoms with Crippen LogP contribution >= 0.6 is 11.6 Å². The Hall–Kier alpha value is -0.900. The third-order valence-corrected chi connectivity index (χ3v) is 5.50. The molecule has 0 saturated heterocycles. The molecule has 0 amide bonds. The van der Waals surface area contributed by atoms with Crippen LogP contribution in [0.25, 0.3) is 0 Å². The predicted molar refractivity (Wildman–Crippen MR) is 81.1 cm³/mol. The summed E-state index contributed by atoms with van der Waals surface area (Å²) in [5, 5.41) is -0.213. The van der Waals surface area contributed by atoms with Gasteiger partial charge in [-0.05, 0) is 25.1 Å². The maximum absolute atomic E-state index is 13.1. The van der Waals surface area contributed by atoms with Crippen molar-refractivity contribution in [1.82, 2.24) is 4.72 Å². The molecule has 0 aromatic heterocycles. The lowest BCUT2D eigenvalue weighted by Crippen LogP contribution is -2.38. The Bertz CT molecular complexity index is 707. The molecule has 6 nitrogen and oxygen atoms in total. The van der Waals surface area contributed by atoms with Crippen LogP contribution in [0.2, 0.25) is 5.02 Å². The van der Waals surface area contributed by atoms with Gasteiger partial charge in [-0.2, -0.15) is 0 Å². The smallest absolute Gasteiger partial charge is 0.232 e. The van der Waals surface area contributed by atoms with Gasteiger partial charge in [-0.1, -0.05) is 11.6 Å². The summed E-state index contributed by atoms with van der Waals surface area (Å²) in [7, 11) is -7.07. The summed E-state index contributed by atoms with van der Waals surface area (Å²) in [6, 6.07) is 3.48. The van der Waals surface area contributed by atoms with Gasteiger partial charge in [0, 0.05) is 13.1 Å². The average Bonchev–Trinajstić information content (AvgIpc) is 2.37. The van der Waals surface area contributed by atoms with Gasteiger partial charge in [-0.15, -0.1) is 0 Å². The molecule has 0 radical (unpaired) electrons. The quantitative estimate of drug-likeness (QED) is 0.793. The van der Waals surface area contributed by atoms with Gasteiger partial charge < -0.3 is 0 Å². The number of hydrogen-bond donors (Lipinski definition) is 1. The first-order valence-corrected chi connectivity index (χ1v) is 9.85. The van der Waals surface area contributed by atoms with Crippen LogP contribution in [0.1, 0.15) is 6.92 Å². The van der Waals surface area contributed by atoms with Gasteiger partial charge in [-0.3, -0.25) is 4.31 Å². The van der Waals surface area contributed by atoms with Gasteiger partial charge in [-0.25, -0.2) is 25.9 Å². The van der Waals surface area contributed by atoms with Crippen molar-refractivity contribution in [3.05, 3.63) is 29.0 Å². The molecule has 0 spiro atoms. The molecule has 0 saturated carbocycles. The van der Waals surface area contributed by atoms with Crippen LogP contribution < -0.4 is 9.03 Å². The van der Waals surface area contributed by atoms with E-state index < -0.39 is 25.9 Å². The van der Waals surface area contributed by atoms with E-state index in [0.29, 0.717) is 0 Å². The highest BCUT2D eigenvalue weighted by molar-refractivity contribution is 7.92. The molecule has 0 aliphatic rings. The number of nitrogens with one attached hydrogen (secondary N) is 1. The molecule has 1 aromatic carbocycles. The lowest BCUT2D eigenvalue weighted by atomic mass is 10.3. The first-order valence-electron chi connectivity index (χ1n) is 5.97. The van der Waals surface area contributed by atoms with E-state index in [2.05, 4.69) is 4.72 Å². The zero-order valence-corrected chi connectivity index (χ0v) is 13.9. The van der Waals surface area contributed by atoms with E-state index in [0.717, 1.165) is 16.6 Å². The number of benzene rings is 1. The largest absolute Gasteiger partial charge is 0.269 e. The van der Waals surface area contributed by atoms with Crippen molar-refractivity contribution in [3.8, 4) is 0 Å². The molecule has 0 aliphatic heterocycles. The van der Waals surface area contributed by atoms with Gasteiger partial charge in [0.2, 0.25) is 20.0 Å². The van der Waals surface area contributed by atoms with Crippen LogP contribution in [-0.2, 0) is 20.0 Å². The molecule has 1 N–H and O–H groups in total. The lowest BCUT2D eigenvalue weighted by Gasteiger charge is -2.22. The Morgan fingerprint density at radius 2 is 1.90 bits per heavy atom. The van der Waals surface area contributed by atoms with Crippen LogP contribution in [0.15, 0.2) is 18.2 Å². The van der Waals surface area contributed by atoms with Crippen LogP contribution in [0.5, 0.6) is 0 Å². The third kappa shape index (κ3) is 5.42. The van der Waals surface area contributed by atoms with E-state index in [1.54, 1.807) is 0 Å². The van der Waals surface area contributed by atoms with E-state index in [1.165, 1.54) is 19.1 Å². The number of sulfonamides is 2. The van der Waals surface area contributed by atoms with Crippen LogP contribution in [0.3, 0.4) is 0 Å². The molecular weight excluding hydrogens is 343 g/mol. The summed E-state index contributed by atoms with van der Waals surface area (Å²) in [4.78, 5) is 0. The SMILES string of the molecule is CCS(=O)(=O)NCCN(c1ccc(F)c(Cl)c1)S(C)(=O)=O. The monoisotopic (exact) mass is 358 g/mol. The summed E-state index contributed by atoms with van der Waals surface area (Å²) in [6.07, 6.45) is 0.971. The molecule has 1 aromatic rings. The zero-order valence-electron chi connectivity index (χ0n) is 11.5. The van der Waals surface area contributed by atoms with E-state index in [1.807, 2.05) is 0 Å². The van der Waals surface area contributed by atoms with E-state index in [-0.39, 0.29) is 29.6 Å². The first-order chi connectivity index (χ1) is 9.57. The minimum atomic E-state index is -3.65. The molecule has 1 rings (SSSR count). The highest BCUT2D eigenvalue weighted by atomic mass is 35.5. The van der Waals surface area contributed by atoms with Crippen LogP contribution in [0, 0.1) is 5.82 Å². The summed E-state index contributed by atoms with van der Waals surface area (Å²) < 4.78 is 62.5. The second-order valence-electron chi connectivity index (χ2n) is 4.23. The minimum absolute atomic E-state index is 0.0990. The van der Waals surface area contributed by atoms with Crippen molar-refractivity contribution < 1.29 is 21.2 Å². The van der Waals surface area contributed by atoms with Crippen molar-refractivity contribution in [1.29, 1.82) is 0 Å². The van der Waals surface area contributed by atoms with Crippen LogP contribution in [0.4, 0.5) is 10.1 Å². The number of rotatable bonds is 7. The average molecular weight is 359 g/mol. The molecule has 0 bridgehead atoms. The Kier molecular flexibility index (Phi) is 5.97. The molecule has 0 fully saturated rings. The maximum Gasteiger partial charge on any atom is 0.232 e. The summed E-state index contributed by atoms with van der Waals surface area (Å²) in [5.74, 6) is -0.769. The fourth-order valence-corrected chi connectivity index (χ4v) is 3.23. The molecule has 0 aliphatic carbocycles. The Morgan fingerprint density at radius 3 is 2.38 bits per heavy atom. The van der Waals surface area contributed by atoms with Crippen molar-refractivity contribution in [3.63, 3.8) is 0 Å². The molecule has 0 unspecified atom stereocenters. The van der Waals surface area contributed by atoms with Crippen molar-refractivity contribution in [2.24, 2.45) is 0 Å². The number of halogens is 2. The summed E-state index contributed by atoms with van der Waals surface area (Å²) >= 11 is 5.63. The Labute approximate surface area is 129 Å². The number of nitrogens with zero attached hydrogens (tertiary/aromatic N) is 1. The van der Waals surface area contributed by atoms with Gasteiger partial charge in [0.1, 0.15) is 5.82 Å². The lowest BCUT2D eigenvalue weighted by molar-refractivity contribution is 0.579. The highest BCUT2D eigenvalue weighted by Gasteiger charge is 2.19. The van der Waals surface area contributed by atoms with Crippen molar-refractivity contribution in [2.45, 2.75) is 6.92 Å². The molecule has 10 heteroatoms. The molecule has 120 valence electrons. The van der Waals surface area contributed by atoms with Gasteiger partial charge >= 0.3 is 0 Å². The second kappa shape index (κ2) is 6.91. The van der Waals surface area contributed by atoms with E-state index >= 15 is 0 Å². The topological polar surface area (TPSA) is 83.6 Å².